The van der Waals surface area contributed by atoms with Crippen LogP contribution in [0.15, 0.2) is 24.3 Å². The zero-order valence-electron chi connectivity index (χ0n) is 15.3. The minimum atomic E-state index is -0.596. The van der Waals surface area contributed by atoms with Crippen molar-refractivity contribution >= 4 is 29.2 Å². The Hall–Kier alpha value is -1.71. The second-order valence-electron chi connectivity index (χ2n) is 7.04. The van der Waals surface area contributed by atoms with Crippen LogP contribution in [0.25, 0.3) is 0 Å². The van der Waals surface area contributed by atoms with Gasteiger partial charge < -0.3 is 9.47 Å². The summed E-state index contributed by atoms with van der Waals surface area (Å²) in [6.07, 6.45) is 0. The van der Waals surface area contributed by atoms with Crippen molar-refractivity contribution in [3.05, 3.63) is 56.6 Å². The molecule has 2 aromatic carbocycles. The quantitative estimate of drug-likeness (QED) is 0.474. The van der Waals surface area contributed by atoms with Gasteiger partial charge in [0.05, 0.1) is 17.2 Å². The van der Waals surface area contributed by atoms with Crippen molar-refractivity contribution in [2.24, 2.45) is 0 Å². The number of hydrogen-bond donors (Lipinski definition) is 0. The summed E-state index contributed by atoms with van der Waals surface area (Å²) in [5.41, 5.74) is 2.89. The number of carbonyl (C=O) groups is 1. The normalized spacial score (nSPS) is 11.4. The molecule has 0 aliphatic rings. The van der Waals surface area contributed by atoms with Crippen LogP contribution in [-0.4, -0.2) is 13.1 Å². The van der Waals surface area contributed by atoms with Crippen molar-refractivity contribution in [3.63, 3.8) is 0 Å². The van der Waals surface area contributed by atoms with E-state index in [1.807, 2.05) is 26.0 Å². The largest absolute Gasteiger partial charge is 0.494 e. The summed E-state index contributed by atoms with van der Waals surface area (Å²) in [5, 5.41) is 0.531. The number of ether oxygens (including phenoxy) is 2. The van der Waals surface area contributed by atoms with Crippen LogP contribution in [0.2, 0.25) is 10.0 Å². The zero-order chi connectivity index (χ0) is 18.9. The third-order valence-corrected chi connectivity index (χ3v) is 4.50. The van der Waals surface area contributed by atoms with Crippen LogP contribution in [0, 0.1) is 13.8 Å². The number of esters is 1. The number of benzene rings is 2. The molecular formula is C20H22Cl2O3. The molecule has 0 aromatic heterocycles. The van der Waals surface area contributed by atoms with E-state index < -0.39 is 5.97 Å². The molecule has 0 fully saturated rings. The highest BCUT2D eigenvalue weighted by atomic mass is 35.5. The Balaban J connectivity index is 2.55. The average molecular weight is 381 g/mol. The van der Waals surface area contributed by atoms with Gasteiger partial charge in [0.1, 0.15) is 11.3 Å². The molecule has 0 bridgehead atoms. The number of rotatable bonds is 3. The first-order valence-corrected chi connectivity index (χ1v) is 8.67. The maximum absolute atomic E-state index is 12.8. The molecule has 5 heteroatoms. The molecule has 0 radical (unpaired) electrons. The van der Waals surface area contributed by atoms with Crippen LogP contribution in [-0.2, 0) is 5.41 Å². The van der Waals surface area contributed by atoms with Gasteiger partial charge in [-0.15, -0.1) is 0 Å². The van der Waals surface area contributed by atoms with Gasteiger partial charge in [-0.2, -0.15) is 0 Å². The number of hydrogen-bond acceptors (Lipinski definition) is 3. The van der Waals surface area contributed by atoms with E-state index in [1.165, 1.54) is 7.11 Å². The molecule has 0 saturated carbocycles. The topological polar surface area (TPSA) is 35.5 Å². The minimum Gasteiger partial charge on any atom is -0.494 e. The number of methoxy groups -OCH3 is 1. The van der Waals surface area contributed by atoms with Crippen molar-refractivity contribution in [3.8, 4) is 11.5 Å². The number of carbonyl (C=O) groups excluding carboxylic acids is 1. The molecule has 0 saturated heterocycles. The highest BCUT2D eigenvalue weighted by Gasteiger charge is 2.26. The van der Waals surface area contributed by atoms with Gasteiger partial charge in [0, 0.05) is 5.56 Å². The van der Waals surface area contributed by atoms with E-state index in [2.05, 4.69) is 20.8 Å². The second kappa shape index (κ2) is 7.27. The van der Waals surface area contributed by atoms with Gasteiger partial charge in [-0.05, 0) is 37.0 Å². The summed E-state index contributed by atoms with van der Waals surface area (Å²) >= 11 is 12.3. The van der Waals surface area contributed by atoms with Crippen molar-refractivity contribution < 1.29 is 14.3 Å². The van der Waals surface area contributed by atoms with Crippen molar-refractivity contribution in [1.29, 1.82) is 0 Å². The third-order valence-electron chi connectivity index (χ3n) is 3.89. The van der Waals surface area contributed by atoms with Crippen LogP contribution in [0.5, 0.6) is 11.5 Å². The van der Waals surface area contributed by atoms with Crippen molar-refractivity contribution in [2.75, 3.05) is 7.11 Å². The molecule has 25 heavy (non-hydrogen) atoms. The molecule has 0 spiro atoms. The molecule has 0 heterocycles. The summed E-state index contributed by atoms with van der Waals surface area (Å²) < 4.78 is 11.0. The molecule has 0 aliphatic heterocycles. The maximum Gasteiger partial charge on any atom is 0.348 e. The van der Waals surface area contributed by atoms with Crippen molar-refractivity contribution in [2.45, 2.75) is 40.0 Å². The fraction of sp³-hybridized carbons (Fsp3) is 0.350. The Morgan fingerprint density at radius 1 is 1.00 bits per heavy atom. The Morgan fingerprint density at radius 2 is 1.60 bits per heavy atom. The molecule has 0 N–H and O–H groups in total. The standard InChI is InChI=1S/C20H22Cl2O3/c1-11-9-12(2)17(13(10-11)20(3,4)5)25-19(23)16-14(21)7-8-15(22)18(16)24-6/h7-10H,1-6H3. The molecule has 0 aliphatic carbocycles. The van der Waals surface area contributed by atoms with Crippen LogP contribution in [0.4, 0.5) is 0 Å². The summed E-state index contributed by atoms with van der Waals surface area (Å²) in [6.45, 7) is 10.2. The summed E-state index contributed by atoms with van der Waals surface area (Å²) in [5.74, 6) is 0.157. The van der Waals surface area contributed by atoms with Gasteiger partial charge in [-0.3, -0.25) is 0 Å². The lowest BCUT2D eigenvalue weighted by Gasteiger charge is -2.24. The first-order valence-electron chi connectivity index (χ1n) is 7.92. The first kappa shape index (κ1) is 19.6. The van der Waals surface area contributed by atoms with E-state index in [9.17, 15) is 4.79 Å². The molecule has 134 valence electrons. The van der Waals surface area contributed by atoms with E-state index in [-0.39, 0.29) is 21.8 Å². The lowest BCUT2D eigenvalue weighted by Crippen LogP contribution is -2.18. The second-order valence-corrected chi connectivity index (χ2v) is 7.85. The summed E-state index contributed by atoms with van der Waals surface area (Å²) in [7, 11) is 1.44. The molecule has 3 nitrogen and oxygen atoms in total. The van der Waals surface area contributed by atoms with E-state index >= 15 is 0 Å². The Morgan fingerprint density at radius 3 is 2.16 bits per heavy atom. The van der Waals surface area contributed by atoms with E-state index in [0.29, 0.717) is 10.8 Å². The maximum atomic E-state index is 12.8. The van der Waals surface area contributed by atoms with E-state index in [0.717, 1.165) is 16.7 Å². The zero-order valence-corrected chi connectivity index (χ0v) is 16.8. The fourth-order valence-electron chi connectivity index (χ4n) is 2.71. The number of halogens is 2. The molecular weight excluding hydrogens is 359 g/mol. The first-order chi connectivity index (χ1) is 11.6. The van der Waals surface area contributed by atoms with Gasteiger partial charge in [0.25, 0.3) is 0 Å². The molecule has 2 aromatic rings. The molecule has 0 unspecified atom stereocenters. The predicted octanol–water partition coefficient (Wildman–Crippen LogP) is 6.14. The Labute approximate surface area is 158 Å². The van der Waals surface area contributed by atoms with Gasteiger partial charge in [-0.1, -0.05) is 61.7 Å². The Kier molecular flexibility index (Phi) is 5.70. The number of aryl methyl sites for hydroxylation is 2. The minimum absolute atomic E-state index is 0.122. The van der Waals surface area contributed by atoms with Crippen LogP contribution in [0.1, 0.15) is 47.8 Å². The fourth-order valence-corrected chi connectivity index (χ4v) is 3.17. The van der Waals surface area contributed by atoms with Gasteiger partial charge in [-0.25, -0.2) is 4.79 Å². The average Bonchev–Trinajstić information content (AvgIpc) is 2.50. The van der Waals surface area contributed by atoms with Gasteiger partial charge in [0.15, 0.2) is 5.75 Å². The van der Waals surface area contributed by atoms with Crippen LogP contribution in [0.3, 0.4) is 0 Å². The lowest BCUT2D eigenvalue weighted by atomic mass is 9.84. The molecule has 2 rings (SSSR count). The SMILES string of the molecule is COc1c(Cl)ccc(Cl)c1C(=O)Oc1c(C)cc(C)cc1C(C)(C)C. The monoisotopic (exact) mass is 380 g/mol. The van der Waals surface area contributed by atoms with E-state index in [4.69, 9.17) is 32.7 Å². The van der Waals surface area contributed by atoms with E-state index in [1.54, 1.807) is 12.1 Å². The highest BCUT2D eigenvalue weighted by Crippen LogP contribution is 2.38. The molecule has 0 amide bonds. The summed E-state index contributed by atoms with van der Waals surface area (Å²) in [6, 6.07) is 7.15. The Bertz CT molecular complexity index is 821. The van der Waals surface area contributed by atoms with Gasteiger partial charge in [0.2, 0.25) is 0 Å². The lowest BCUT2D eigenvalue weighted by molar-refractivity contribution is 0.0727. The summed E-state index contributed by atoms with van der Waals surface area (Å²) in [4.78, 5) is 12.8. The smallest absolute Gasteiger partial charge is 0.348 e. The molecule has 0 atom stereocenters. The highest BCUT2D eigenvalue weighted by molar-refractivity contribution is 6.37. The van der Waals surface area contributed by atoms with Crippen LogP contribution < -0.4 is 9.47 Å². The predicted molar refractivity (Wildman–Crippen MR) is 103 cm³/mol. The van der Waals surface area contributed by atoms with Crippen molar-refractivity contribution in [1.82, 2.24) is 0 Å². The van der Waals surface area contributed by atoms with Crippen LogP contribution >= 0.6 is 23.2 Å². The van der Waals surface area contributed by atoms with Gasteiger partial charge >= 0.3 is 5.97 Å². The third kappa shape index (κ3) is 4.10.